The second-order valence-electron chi connectivity index (χ2n) is 5.80. The van der Waals surface area contributed by atoms with E-state index in [1.807, 2.05) is 30.3 Å². The third kappa shape index (κ3) is 2.59. The topological polar surface area (TPSA) is 70.5 Å². The molecule has 0 spiro atoms. The van der Waals surface area contributed by atoms with E-state index in [9.17, 15) is 0 Å². The quantitative estimate of drug-likeness (QED) is 0.294. The van der Waals surface area contributed by atoms with E-state index in [0.717, 1.165) is 37.7 Å². The number of rotatable bonds is 3. The van der Waals surface area contributed by atoms with Crippen molar-refractivity contribution >= 4 is 68.3 Å². The maximum absolute atomic E-state index is 6.20. The highest BCUT2D eigenvalue weighted by Crippen LogP contribution is 2.36. The van der Waals surface area contributed by atoms with Gasteiger partial charge in [0.15, 0.2) is 0 Å². The molecule has 0 atom stereocenters. The van der Waals surface area contributed by atoms with Crippen LogP contribution in [0, 0.1) is 4.84 Å². The minimum atomic E-state index is 0.278. The molecule has 0 saturated heterocycles. The first-order chi connectivity index (χ1) is 12.7. The fourth-order valence-electron chi connectivity index (χ4n) is 3.07. The number of nitrogens with one attached hydrogen (secondary N) is 2. The Morgan fingerprint density at radius 3 is 2.77 bits per heavy atom. The summed E-state index contributed by atoms with van der Waals surface area (Å²) in [5, 5.41) is 11.5. The van der Waals surface area contributed by atoms with Gasteiger partial charge in [-0.15, -0.1) is 5.10 Å². The van der Waals surface area contributed by atoms with Gasteiger partial charge in [-0.3, -0.25) is 0 Å². The van der Waals surface area contributed by atoms with Crippen molar-refractivity contribution in [3.05, 3.63) is 58.2 Å². The van der Waals surface area contributed by atoms with Gasteiger partial charge < -0.3 is 9.40 Å². The van der Waals surface area contributed by atoms with Crippen molar-refractivity contribution in [3.63, 3.8) is 0 Å². The standard InChI is InChI=1S/C18H11ClN4OS2/c19-9-5-6-13-12(7-9)16-15(20-13)10-3-1-2-4-11(10)17(21-16)26-8-14-22-23-18(25)24-14/h1-7,20H,8H2,(H,23,25). The number of benzene rings is 2. The SMILES string of the molecule is S=c1[nH]nc(CSc2nc3c4cc(Cl)ccc4[nH]c3c3ccccc23)o1. The lowest BCUT2D eigenvalue weighted by Crippen LogP contribution is -1.88. The molecule has 3 aromatic heterocycles. The Balaban J connectivity index is 1.73. The van der Waals surface area contributed by atoms with E-state index < -0.39 is 0 Å². The molecule has 3 heterocycles. The number of fused-ring (bicyclic) bond motifs is 5. The highest BCUT2D eigenvalue weighted by molar-refractivity contribution is 7.98. The maximum atomic E-state index is 6.20. The summed E-state index contributed by atoms with van der Waals surface area (Å²) in [6.07, 6.45) is 0. The van der Waals surface area contributed by atoms with Crippen LogP contribution in [0.1, 0.15) is 5.89 Å². The Morgan fingerprint density at radius 1 is 1.12 bits per heavy atom. The van der Waals surface area contributed by atoms with Crippen molar-refractivity contribution < 1.29 is 4.42 Å². The first-order valence-electron chi connectivity index (χ1n) is 7.86. The highest BCUT2D eigenvalue weighted by Gasteiger charge is 2.14. The highest BCUT2D eigenvalue weighted by atomic mass is 35.5. The zero-order valence-electron chi connectivity index (χ0n) is 13.2. The van der Waals surface area contributed by atoms with E-state index in [1.165, 1.54) is 0 Å². The van der Waals surface area contributed by atoms with Gasteiger partial charge >= 0.3 is 0 Å². The number of aromatic nitrogens is 4. The minimum Gasteiger partial charge on any atom is -0.413 e. The molecule has 26 heavy (non-hydrogen) atoms. The average Bonchev–Trinajstić information content (AvgIpc) is 3.23. The average molecular weight is 399 g/mol. The predicted octanol–water partition coefficient (Wildman–Crippen LogP) is 5.86. The molecule has 5 nitrogen and oxygen atoms in total. The van der Waals surface area contributed by atoms with Gasteiger partial charge in [-0.2, -0.15) is 0 Å². The summed E-state index contributed by atoms with van der Waals surface area (Å²) >= 11 is 12.7. The molecule has 8 heteroatoms. The van der Waals surface area contributed by atoms with Crippen LogP contribution in [0.5, 0.6) is 0 Å². The first kappa shape index (κ1) is 15.9. The zero-order valence-corrected chi connectivity index (χ0v) is 15.6. The van der Waals surface area contributed by atoms with Crippen LogP contribution >= 0.6 is 35.6 Å². The number of pyridine rings is 1. The number of thioether (sulfide) groups is 1. The third-order valence-electron chi connectivity index (χ3n) is 4.19. The van der Waals surface area contributed by atoms with Crippen LogP contribution in [-0.2, 0) is 5.75 Å². The van der Waals surface area contributed by atoms with Gasteiger partial charge in [0, 0.05) is 26.7 Å². The molecule has 5 aromatic rings. The molecule has 0 bridgehead atoms. The summed E-state index contributed by atoms with van der Waals surface area (Å²) in [5.74, 6) is 1.09. The van der Waals surface area contributed by atoms with Crippen molar-refractivity contribution in [2.45, 2.75) is 10.8 Å². The van der Waals surface area contributed by atoms with Crippen LogP contribution in [0.2, 0.25) is 5.02 Å². The van der Waals surface area contributed by atoms with Gasteiger partial charge in [-0.1, -0.05) is 47.6 Å². The van der Waals surface area contributed by atoms with E-state index in [4.69, 9.17) is 33.2 Å². The lowest BCUT2D eigenvalue weighted by molar-refractivity contribution is 0.500. The molecule has 0 radical (unpaired) electrons. The molecule has 0 aliphatic rings. The maximum Gasteiger partial charge on any atom is 0.284 e. The lowest BCUT2D eigenvalue weighted by Gasteiger charge is -2.06. The lowest BCUT2D eigenvalue weighted by atomic mass is 10.1. The number of hydrogen-bond donors (Lipinski definition) is 2. The summed E-state index contributed by atoms with van der Waals surface area (Å²) in [7, 11) is 0. The number of hydrogen-bond acceptors (Lipinski definition) is 5. The summed E-state index contributed by atoms with van der Waals surface area (Å²) < 4.78 is 5.35. The van der Waals surface area contributed by atoms with Crippen LogP contribution in [0.15, 0.2) is 51.9 Å². The molecule has 0 aliphatic heterocycles. The summed E-state index contributed by atoms with van der Waals surface area (Å²) in [6, 6.07) is 14.0. The van der Waals surface area contributed by atoms with Crippen molar-refractivity contribution in [3.8, 4) is 0 Å². The van der Waals surface area contributed by atoms with E-state index in [1.54, 1.807) is 11.8 Å². The van der Waals surface area contributed by atoms with Crippen molar-refractivity contribution in [1.82, 2.24) is 20.2 Å². The van der Waals surface area contributed by atoms with Gasteiger partial charge in [0.1, 0.15) is 5.03 Å². The Hall–Kier alpha value is -2.35. The molecule has 5 rings (SSSR count). The van der Waals surface area contributed by atoms with E-state index in [2.05, 4.69) is 27.3 Å². The second kappa shape index (κ2) is 6.12. The fourth-order valence-corrected chi connectivity index (χ4v) is 4.26. The zero-order chi connectivity index (χ0) is 17.7. The largest absolute Gasteiger partial charge is 0.413 e. The molecule has 0 amide bonds. The van der Waals surface area contributed by atoms with Gasteiger partial charge in [-0.25, -0.2) is 10.1 Å². The van der Waals surface area contributed by atoms with Crippen molar-refractivity contribution in [1.29, 1.82) is 0 Å². The Bertz CT molecular complexity index is 1340. The van der Waals surface area contributed by atoms with Crippen LogP contribution in [0.25, 0.3) is 32.7 Å². The molecular formula is C18H11ClN4OS2. The number of H-pyrrole nitrogens is 2. The van der Waals surface area contributed by atoms with E-state index in [-0.39, 0.29) is 4.84 Å². The minimum absolute atomic E-state index is 0.278. The molecule has 0 fully saturated rings. The number of nitrogens with zero attached hydrogens (tertiary/aromatic N) is 2. The van der Waals surface area contributed by atoms with E-state index in [0.29, 0.717) is 16.7 Å². The molecule has 2 N–H and O–H groups in total. The Labute approximate surface area is 161 Å². The van der Waals surface area contributed by atoms with Crippen LogP contribution in [-0.4, -0.2) is 20.2 Å². The molecule has 0 saturated carbocycles. The van der Waals surface area contributed by atoms with Crippen molar-refractivity contribution in [2.24, 2.45) is 0 Å². The van der Waals surface area contributed by atoms with Crippen LogP contribution in [0.4, 0.5) is 0 Å². The smallest absolute Gasteiger partial charge is 0.284 e. The Kier molecular flexibility index (Phi) is 3.74. The Morgan fingerprint density at radius 2 is 1.96 bits per heavy atom. The van der Waals surface area contributed by atoms with Crippen LogP contribution in [0.3, 0.4) is 0 Å². The van der Waals surface area contributed by atoms with Crippen LogP contribution < -0.4 is 0 Å². The molecule has 0 unspecified atom stereocenters. The molecule has 2 aromatic carbocycles. The second-order valence-corrected chi connectivity index (χ2v) is 7.57. The van der Waals surface area contributed by atoms with Crippen molar-refractivity contribution in [2.75, 3.05) is 0 Å². The normalized spacial score (nSPS) is 11.7. The van der Waals surface area contributed by atoms with Gasteiger partial charge in [0.05, 0.1) is 16.8 Å². The van der Waals surface area contributed by atoms with Gasteiger partial charge in [-0.05, 0) is 30.4 Å². The van der Waals surface area contributed by atoms with Gasteiger partial charge in [0.2, 0.25) is 5.89 Å². The summed E-state index contributed by atoms with van der Waals surface area (Å²) in [6.45, 7) is 0. The molecule has 128 valence electrons. The third-order valence-corrected chi connectivity index (χ3v) is 5.57. The summed E-state index contributed by atoms with van der Waals surface area (Å²) in [4.78, 5) is 8.67. The first-order valence-corrected chi connectivity index (χ1v) is 9.63. The molecule has 0 aliphatic carbocycles. The monoisotopic (exact) mass is 398 g/mol. The van der Waals surface area contributed by atoms with Gasteiger partial charge in [0.25, 0.3) is 4.84 Å². The van der Waals surface area contributed by atoms with E-state index >= 15 is 0 Å². The fraction of sp³-hybridized carbons (Fsp3) is 0.0556. The molecular weight excluding hydrogens is 388 g/mol. The number of aromatic amines is 2. The summed E-state index contributed by atoms with van der Waals surface area (Å²) in [5.41, 5.74) is 2.94. The number of halogens is 1. The predicted molar refractivity (Wildman–Crippen MR) is 107 cm³/mol.